The molecule has 1 atom stereocenters. The zero-order valence-corrected chi connectivity index (χ0v) is 10.9. The van der Waals surface area contributed by atoms with Crippen molar-refractivity contribution in [3.05, 3.63) is 0 Å². The van der Waals surface area contributed by atoms with E-state index < -0.39 is 5.41 Å². The van der Waals surface area contributed by atoms with Crippen LogP contribution in [0.15, 0.2) is 0 Å². The summed E-state index contributed by atoms with van der Waals surface area (Å²) in [5, 5.41) is 2.84. The molecule has 0 aromatic carbocycles. The monoisotopic (exact) mass is 231 g/mol. The van der Waals surface area contributed by atoms with E-state index in [1.54, 1.807) is 13.8 Å². The molecule has 5 heteroatoms. The highest BCUT2D eigenvalue weighted by molar-refractivity contribution is 7.80. The molecule has 4 nitrogen and oxygen atoms in total. The van der Waals surface area contributed by atoms with Crippen molar-refractivity contribution in [1.29, 1.82) is 0 Å². The van der Waals surface area contributed by atoms with Gasteiger partial charge in [-0.3, -0.25) is 4.79 Å². The predicted octanol–water partition coefficient (Wildman–Crippen LogP) is 0.365. The van der Waals surface area contributed by atoms with Gasteiger partial charge in [-0.15, -0.1) is 0 Å². The van der Waals surface area contributed by atoms with Gasteiger partial charge >= 0.3 is 0 Å². The van der Waals surface area contributed by atoms with E-state index in [-0.39, 0.29) is 16.9 Å². The van der Waals surface area contributed by atoms with E-state index >= 15 is 0 Å². The average Bonchev–Trinajstić information content (AvgIpc) is 2.12. The third-order valence-corrected chi connectivity index (χ3v) is 3.13. The van der Waals surface area contributed by atoms with Gasteiger partial charge < -0.3 is 16.0 Å². The van der Waals surface area contributed by atoms with Gasteiger partial charge in [0, 0.05) is 12.6 Å². The normalized spacial score (nSPS) is 13.7. The molecular formula is C10H21N3OS. The summed E-state index contributed by atoms with van der Waals surface area (Å²) in [5.74, 6) is -0.122. The van der Waals surface area contributed by atoms with Crippen LogP contribution in [0.1, 0.15) is 20.8 Å². The fraction of sp³-hybridized carbons (Fsp3) is 0.800. The van der Waals surface area contributed by atoms with Gasteiger partial charge in [-0.1, -0.05) is 12.2 Å². The number of hydrogen-bond acceptors (Lipinski definition) is 3. The second-order valence-corrected chi connectivity index (χ2v) is 4.95. The Labute approximate surface area is 97.2 Å². The van der Waals surface area contributed by atoms with Crippen LogP contribution in [0, 0.1) is 5.41 Å². The summed E-state index contributed by atoms with van der Waals surface area (Å²) in [6.45, 7) is 6.09. The topological polar surface area (TPSA) is 58.4 Å². The van der Waals surface area contributed by atoms with Crippen molar-refractivity contribution >= 4 is 23.1 Å². The Balaban J connectivity index is 4.22. The molecule has 3 N–H and O–H groups in total. The molecule has 15 heavy (non-hydrogen) atoms. The molecular weight excluding hydrogens is 210 g/mol. The zero-order valence-electron chi connectivity index (χ0n) is 10.1. The molecule has 0 saturated heterocycles. The predicted molar refractivity (Wildman–Crippen MR) is 66.7 cm³/mol. The lowest BCUT2D eigenvalue weighted by Gasteiger charge is -2.25. The summed E-state index contributed by atoms with van der Waals surface area (Å²) in [5.41, 5.74) is 4.72. The SMILES string of the molecule is CC(CNC(=O)C(C)(C)C(N)=S)N(C)C. The van der Waals surface area contributed by atoms with E-state index in [4.69, 9.17) is 18.0 Å². The third kappa shape index (κ3) is 4.13. The molecule has 0 heterocycles. The molecule has 0 aliphatic carbocycles. The molecule has 0 aromatic rings. The Morgan fingerprint density at radius 3 is 2.33 bits per heavy atom. The Kier molecular flexibility index (Phi) is 5.17. The van der Waals surface area contributed by atoms with E-state index in [0.29, 0.717) is 6.54 Å². The van der Waals surface area contributed by atoms with E-state index in [1.807, 2.05) is 25.9 Å². The van der Waals surface area contributed by atoms with E-state index in [2.05, 4.69) is 5.32 Å². The van der Waals surface area contributed by atoms with Crippen molar-refractivity contribution in [2.24, 2.45) is 11.1 Å². The molecule has 0 aliphatic heterocycles. The maximum Gasteiger partial charge on any atom is 0.232 e. The van der Waals surface area contributed by atoms with Crippen LogP contribution in [0.5, 0.6) is 0 Å². The minimum absolute atomic E-state index is 0.122. The largest absolute Gasteiger partial charge is 0.392 e. The maximum atomic E-state index is 11.7. The number of hydrogen-bond donors (Lipinski definition) is 2. The Hall–Kier alpha value is -0.680. The first-order valence-electron chi connectivity index (χ1n) is 4.94. The van der Waals surface area contributed by atoms with E-state index in [0.717, 1.165) is 0 Å². The highest BCUT2D eigenvalue weighted by atomic mass is 32.1. The number of amides is 1. The van der Waals surface area contributed by atoms with Gasteiger partial charge in [0.2, 0.25) is 5.91 Å². The molecule has 0 aliphatic rings. The Morgan fingerprint density at radius 2 is 2.00 bits per heavy atom. The van der Waals surface area contributed by atoms with Gasteiger partial charge in [0.1, 0.15) is 0 Å². The van der Waals surface area contributed by atoms with Gasteiger partial charge in [0.05, 0.1) is 10.4 Å². The molecule has 0 spiro atoms. The van der Waals surface area contributed by atoms with Crippen LogP contribution in [0.3, 0.4) is 0 Å². The first kappa shape index (κ1) is 14.3. The number of nitrogens with two attached hydrogens (primary N) is 1. The summed E-state index contributed by atoms with van der Waals surface area (Å²) in [6, 6.07) is 0.288. The summed E-state index contributed by atoms with van der Waals surface area (Å²) >= 11 is 4.85. The Bertz CT molecular complexity index is 251. The fourth-order valence-electron chi connectivity index (χ4n) is 0.756. The standard InChI is InChI=1S/C10H21N3OS/c1-7(13(4)5)6-12-9(14)10(2,3)8(11)15/h7H,6H2,1-5H3,(H2,11,15)(H,12,14). The van der Waals surface area contributed by atoms with Crippen molar-refractivity contribution in [2.75, 3.05) is 20.6 Å². The third-order valence-electron chi connectivity index (χ3n) is 2.62. The summed E-state index contributed by atoms with van der Waals surface area (Å²) < 4.78 is 0. The molecule has 1 amide bonds. The number of carbonyl (C=O) groups is 1. The first-order chi connectivity index (χ1) is 6.69. The van der Waals surface area contributed by atoms with Crippen molar-refractivity contribution in [3.63, 3.8) is 0 Å². The molecule has 0 saturated carbocycles. The fourth-order valence-corrected chi connectivity index (χ4v) is 0.849. The minimum Gasteiger partial charge on any atom is -0.392 e. The van der Waals surface area contributed by atoms with Crippen molar-refractivity contribution in [1.82, 2.24) is 10.2 Å². The zero-order chi connectivity index (χ0) is 12.2. The molecule has 1 unspecified atom stereocenters. The second-order valence-electron chi connectivity index (χ2n) is 4.51. The summed E-state index contributed by atoms with van der Waals surface area (Å²) in [7, 11) is 3.94. The van der Waals surface area contributed by atoms with Crippen molar-refractivity contribution in [2.45, 2.75) is 26.8 Å². The molecule has 0 aromatic heterocycles. The van der Waals surface area contributed by atoms with Gasteiger partial charge in [0.25, 0.3) is 0 Å². The van der Waals surface area contributed by atoms with Crippen LogP contribution >= 0.6 is 12.2 Å². The number of thiocarbonyl (C=S) groups is 1. The van der Waals surface area contributed by atoms with Crippen LogP contribution in [-0.4, -0.2) is 42.5 Å². The van der Waals surface area contributed by atoms with Crippen molar-refractivity contribution < 1.29 is 4.79 Å². The van der Waals surface area contributed by atoms with E-state index in [9.17, 15) is 4.79 Å². The minimum atomic E-state index is -0.776. The molecule has 88 valence electrons. The van der Waals surface area contributed by atoms with Crippen LogP contribution in [-0.2, 0) is 4.79 Å². The lowest BCUT2D eigenvalue weighted by molar-refractivity contribution is -0.126. The molecule has 0 bridgehead atoms. The van der Waals surface area contributed by atoms with E-state index in [1.165, 1.54) is 0 Å². The van der Waals surface area contributed by atoms with Crippen LogP contribution in [0.4, 0.5) is 0 Å². The second kappa shape index (κ2) is 5.42. The smallest absolute Gasteiger partial charge is 0.232 e. The number of nitrogens with one attached hydrogen (secondary N) is 1. The molecule has 0 radical (unpaired) electrons. The Morgan fingerprint density at radius 1 is 1.53 bits per heavy atom. The van der Waals surface area contributed by atoms with Gasteiger partial charge in [-0.25, -0.2) is 0 Å². The number of rotatable bonds is 5. The molecule has 0 rings (SSSR count). The van der Waals surface area contributed by atoms with Gasteiger partial charge in [-0.05, 0) is 34.9 Å². The quantitative estimate of drug-likeness (QED) is 0.671. The lowest BCUT2D eigenvalue weighted by Crippen LogP contribution is -2.48. The van der Waals surface area contributed by atoms with Crippen molar-refractivity contribution in [3.8, 4) is 0 Å². The lowest BCUT2D eigenvalue weighted by atomic mass is 9.92. The van der Waals surface area contributed by atoms with Gasteiger partial charge in [-0.2, -0.15) is 0 Å². The van der Waals surface area contributed by atoms with Crippen LogP contribution < -0.4 is 11.1 Å². The van der Waals surface area contributed by atoms with Gasteiger partial charge in [0.15, 0.2) is 0 Å². The first-order valence-corrected chi connectivity index (χ1v) is 5.35. The average molecular weight is 231 g/mol. The number of likely N-dealkylation sites (N-methyl/N-ethyl adjacent to an activating group) is 1. The maximum absolute atomic E-state index is 11.7. The summed E-state index contributed by atoms with van der Waals surface area (Å²) in [4.78, 5) is 14.0. The molecule has 0 fully saturated rings. The number of carbonyl (C=O) groups excluding carboxylic acids is 1. The summed E-state index contributed by atoms with van der Waals surface area (Å²) in [6.07, 6.45) is 0. The van der Waals surface area contributed by atoms with Crippen LogP contribution in [0.2, 0.25) is 0 Å². The highest BCUT2D eigenvalue weighted by Gasteiger charge is 2.30. The highest BCUT2D eigenvalue weighted by Crippen LogP contribution is 2.15. The van der Waals surface area contributed by atoms with Crippen LogP contribution in [0.25, 0.3) is 0 Å². The number of nitrogens with zero attached hydrogens (tertiary/aromatic N) is 1.